The molecule has 6 nitrogen and oxygen atoms in total. The molecule has 6 heteroatoms. The maximum absolute atomic E-state index is 12.9. The van der Waals surface area contributed by atoms with E-state index in [2.05, 4.69) is 69.4 Å². The fourth-order valence-electron chi connectivity index (χ4n) is 11.1. The van der Waals surface area contributed by atoms with Crippen molar-refractivity contribution in [1.82, 2.24) is 0 Å². The van der Waals surface area contributed by atoms with Crippen LogP contribution in [-0.2, 0) is 28.6 Å². The van der Waals surface area contributed by atoms with Gasteiger partial charge in [0.2, 0.25) is 0 Å². The molecule has 0 aromatic carbocycles. The van der Waals surface area contributed by atoms with E-state index in [1.54, 1.807) is 0 Å². The second kappa shape index (κ2) is 71.6. The highest BCUT2D eigenvalue weighted by Crippen LogP contribution is 2.19. The van der Waals surface area contributed by atoms with Gasteiger partial charge in [-0.15, -0.1) is 0 Å². The van der Waals surface area contributed by atoms with Crippen molar-refractivity contribution in [3.05, 3.63) is 60.8 Å². The predicted octanol–water partition coefficient (Wildman–Crippen LogP) is 25.5. The Kier molecular flexibility index (Phi) is 69.1. The van der Waals surface area contributed by atoms with E-state index in [1.165, 1.54) is 283 Å². The van der Waals surface area contributed by atoms with Gasteiger partial charge in [0.1, 0.15) is 13.2 Å². The van der Waals surface area contributed by atoms with E-state index in [4.69, 9.17) is 14.2 Å². The first-order chi connectivity index (χ1) is 41.0. The topological polar surface area (TPSA) is 78.9 Å². The summed E-state index contributed by atoms with van der Waals surface area (Å²) in [7, 11) is 0. The summed E-state index contributed by atoms with van der Waals surface area (Å²) in [6.07, 6.45) is 93.1. The largest absolute Gasteiger partial charge is 0.462 e. The molecule has 0 saturated heterocycles. The van der Waals surface area contributed by atoms with Gasteiger partial charge in [0, 0.05) is 12.8 Å². The number of hydrogen-bond acceptors (Lipinski definition) is 6. The zero-order valence-corrected chi connectivity index (χ0v) is 55.7. The van der Waals surface area contributed by atoms with Crippen molar-refractivity contribution in [3.8, 4) is 0 Å². The van der Waals surface area contributed by atoms with Crippen LogP contribution in [-0.4, -0.2) is 37.2 Å². The summed E-state index contributed by atoms with van der Waals surface area (Å²) in [5, 5.41) is 0. The maximum atomic E-state index is 12.9. The number of ether oxygens (including phenoxy) is 3. The van der Waals surface area contributed by atoms with Crippen molar-refractivity contribution < 1.29 is 28.6 Å². The third kappa shape index (κ3) is 69.8. The van der Waals surface area contributed by atoms with Crippen LogP contribution >= 0.6 is 0 Å². The highest BCUT2D eigenvalue weighted by molar-refractivity contribution is 5.72. The van der Waals surface area contributed by atoms with Gasteiger partial charge in [0.05, 0.1) is 6.42 Å². The molecule has 0 aliphatic rings. The SMILES string of the molecule is CC/C=C\C/C=C\C/C=C\C/C=C\C/C=C\CC(=O)OCC(COC(=O)CCCCCCCCCCCCCCCCCCCCCCCCCCCCCCCCCCC)OC(=O)CCCCCCCCCCCCCCCCCCC. The molecule has 0 saturated carbocycles. The summed E-state index contributed by atoms with van der Waals surface area (Å²) in [6.45, 7) is 6.51. The Balaban J connectivity index is 4.17. The van der Waals surface area contributed by atoms with E-state index >= 15 is 0 Å². The molecule has 0 heterocycles. The second-order valence-electron chi connectivity index (χ2n) is 24.9. The first-order valence-corrected chi connectivity index (χ1v) is 36.8. The van der Waals surface area contributed by atoms with E-state index in [1.807, 2.05) is 12.2 Å². The zero-order chi connectivity index (χ0) is 59.9. The lowest BCUT2D eigenvalue weighted by molar-refractivity contribution is -0.166. The Morgan fingerprint density at radius 3 is 0.735 bits per heavy atom. The molecule has 0 fully saturated rings. The maximum Gasteiger partial charge on any atom is 0.309 e. The van der Waals surface area contributed by atoms with Gasteiger partial charge in [-0.3, -0.25) is 14.4 Å². The third-order valence-electron chi connectivity index (χ3n) is 16.6. The van der Waals surface area contributed by atoms with Crippen molar-refractivity contribution in [2.45, 2.75) is 399 Å². The molecule has 0 aromatic rings. The molecule has 0 N–H and O–H groups in total. The summed E-state index contributed by atoms with van der Waals surface area (Å²) in [4.78, 5) is 38.3. The normalized spacial score (nSPS) is 12.4. The standard InChI is InChI=1S/C77H140O6/c1-4-7-10-13-16-19-22-25-28-30-31-32-33-34-35-36-37-38-39-40-41-42-43-44-45-47-49-52-55-58-61-64-67-70-76(79)82-73-74(72-81-75(78)69-66-63-60-57-54-51-48-27-24-21-18-15-12-9-6-3)83-77(80)71-68-65-62-59-56-53-50-46-29-26-23-20-17-14-11-8-5-2/h9,12,18,21,27,48,54,57,63,66,74H,4-8,10-11,13-17,19-20,22-26,28-47,49-53,55-56,58-62,64-65,67-73H2,1-3H3/b12-9-,21-18-,48-27-,57-54-,66-63-. The van der Waals surface area contributed by atoms with Crippen molar-refractivity contribution >= 4 is 17.9 Å². The number of rotatable bonds is 68. The van der Waals surface area contributed by atoms with Gasteiger partial charge in [0.25, 0.3) is 0 Å². The van der Waals surface area contributed by atoms with Crippen LogP contribution in [0.5, 0.6) is 0 Å². The smallest absolute Gasteiger partial charge is 0.309 e. The van der Waals surface area contributed by atoms with Crippen LogP contribution in [0.1, 0.15) is 393 Å². The number of hydrogen-bond donors (Lipinski definition) is 0. The molecular weight excluding hydrogens is 1020 g/mol. The summed E-state index contributed by atoms with van der Waals surface area (Å²) >= 11 is 0. The number of allylic oxidation sites excluding steroid dienone is 9. The fraction of sp³-hybridized carbons (Fsp3) is 0.831. The second-order valence-corrected chi connectivity index (χ2v) is 24.9. The molecular formula is C77H140O6. The average molecular weight is 1160 g/mol. The number of carbonyl (C=O) groups is 3. The summed E-state index contributed by atoms with van der Waals surface area (Å²) in [5.74, 6) is -1.01. The van der Waals surface area contributed by atoms with Gasteiger partial charge in [0.15, 0.2) is 6.10 Å². The van der Waals surface area contributed by atoms with E-state index in [0.717, 1.165) is 70.6 Å². The first kappa shape index (κ1) is 80.1. The van der Waals surface area contributed by atoms with E-state index in [9.17, 15) is 14.4 Å². The lowest BCUT2D eigenvalue weighted by Crippen LogP contribution is -2.30. The minimum Gasteiger partial charge on any atom is -0.462 e. The summed E-state index contributed by atoms with van der Waals surface area (Å²) in [6, 6.07) is 0. The monoisotopic (exact) mass is 1160 g/mol. The minimum absolute atomic E-state index is 0.0990. The van der Waals surface area contributed by atoms with Crippen LogP contribution in [0.4, 0.5) is 0 Å². The molecule has 0 rings (SSSR count). The quantitative estimate of drug-likeness (QED) is 0.0261. The van der Waals surface area contributed by atoms with Gasteiger partial charge >= 0.3 is 17.9 Å². The lowest BCUT2D eigenvalue weighted by Gasteiger charge is -2.18. The minimum atomic E-state index is -0.812. The zero-order valence-electron chi connectivity index (χ0n) is 55.7. The van der Waals surface area contributed by atoms with Crippen LogP contribution in [0.3, 0.4) is 0 Å². The Labute approximate surface area is 517 Å². The van der Waals surface area contributed by atoms with Gasteiger partial charge in [-0.05, 0) is 44.9 Å². The van der Waals surface area contributed by atoms with E-state index in [0.29, 0.717) is 12.8 Å². The van der Waals surface area contributed by atoms with E-state index < -0.39 is 12.1 Å². The van der Waals surface area contributed by atoms with Crippen LogP contribution in [0.2, 0.25) is 0 Å². The molecule has 0 radical (unpaired) electrons. The predicted molar refractivity (Wildman–Crippen MR) is 362 cm³/mol. The van der Waals surface area contributed by atoms with Crippen molar-refractivity contribution in [2.75, 3.05) is 13.2 Å². The molecule has 0 aliphatic heterocycles. The first-order valence-electron chi connectivity index (χ1n) is 36.8. The average Bonchev–Trinajstić information content (AvgIpc) is 3.49. The molecule has 1 unspecified atom stereocenters. The molecule has 0 bridgehead atoms. The molecule has 0 aliphatic carbocycles. The molecule has 0 aromatic heterocycles. The molecule has 83 heavy (non-hydrogen) atoms. The molecule has 484 valence electrons. The summed E-state index contributed by atoms with van der Waals surface area (Å²) < 4.78 is 16.9. The Bertz CT molecular complexity index is 1470. The lowest BCUT2D eigenvalue weighted by atomic mass is 10.0. The van der Waals surface area contributed by atoms with Crippen LogP contribution in [0.15, 0.2) is 60.8 Å². The fourth-order valence-corrected chi connectivity index (χ4v) is 11.1. The molecule has 0 amide bonds. The highest BCUT2D eigenvalue weighted by Gasteiger charge is 2.19. The van der Waals surface area contributed by atoms with Gasteiger partial charge in [-0.2, -0.15) is 0 Å². The summed E-state index contributed by atoms with van der Waals surface area (Å²) in [5.41, 5.74) is 0. The van der Waals surface area contributed by atoms with Crippen molar-refractivity contribution in [3.63, 3.8) is 0 Å². The van der Waals surface area contributed by atoms with Crippen LogP contribution < -0.4 is 0 Å². The Hall–Kier alpha value is -2.89. The van der Waals surface area contributed by atoms with Gasteiger partial charge < -0.3 is 14.2 Å². The van der Waals surface area contributed by atoms with Gasteiger partial charge in [-0.1, -0.05) is 390 Å². The van der Waals surface area contributed by atoms with E-state index in [-0.39, 0.29) is 31.6 Å². The number of unbranched alkanes of at least 4 members (excludes halogenated alkanes) is 48. The molecule has 1 atom stereocenters. The van der Waals surface area contributed by atoms with Crippen LogP contribution in [0.25, 0.3) is 0 Å². The number of esters is 3. The van der Waals surface area contributed by atoms with Gasteiger partial charge in [-0.25, -0.2) is 0 Å². The van der Waals surface area contributed by atoms with Crippen LogP contribution in [0, 0.1) is 0 Å². The Morgan fingerprint density at radius 1 is 0.253 bits per heavy atom. The molecule has 0 spiro atoms. The highest BCUT2D eigenvalue weighted by atomic mass is 16.6. The third-order valence-corrected chi connectivity index (χ3v) is 16.6. The van der Waals surface area contributed by atoms with Crippen molar-refractivity contribution in [1.29, 1.82) is 0 Å². The van der Waals surface area contributed by atoms with Crippen molar-refractivity contribution in [2.24, 2.45) is 0 Å². The Morgan fingerprint density at radius 2 is 0.470 bits per heavy atom. The number of carbonyl (C=O) groups excluding carboxylic acids is 3.